The molecule has 1 saturated heterocycles. The first-order chi connectivity index (χ1) is 17.8. The molecule has 2 aromatic heterocycles. The highest BCUT2D eigenvalue weighted by molar-refractivity contribution is 7.94. The number of benzene rings is 2. The van der Waals surface area contributed by atoms with Crippen molar-refractivity contribution in [2.24, 2.45) is 0 Å². The molecule has 1 aliphatic rings. The minimum absolute atomic E-state index is 0.0574. The number of nitrogens with one attached hydrogen (secondary N) is 1. The second-order valence-electron chi connectivity index (χ2n) is 9.35. The predicted octanol–water partition coefficient (Wildman–Crippen LogP) is 4.78. The Morgan fingerprint density at radius 3 is 2.51 bits per heavy atom. The van der Waals surface area contributed by atoms with Crippen LogP contribution in [0.5, 0.6) is 0 Å². The number of nitrogens with zero attached hydrogens (tertiary/aromatic N) is 6. The first-order valence-electron chi connectivity index (χ1n) is 12.2. The second-order valence-corrected chi connectivity index (χ2v) is 10.8. The molecule has 1 aliphatic heterocycles. The molecule has 3 heterocycles. The molecule has 192 valence electrons. The van der Waals surface area contributed by atoms with E-state index in [1.165, 1.54) is 6.07 Å². The Hall–Kier alpha value is -3.47. The molecule has 37 heavy (non-hydrogen) atoms. The normalized spacial score (nSPS) is 14.5. The number of imidazole rings is 1. The lowest BCUT2D eigenvalue weighted by molar-refractivity contribution is 0.0702. The summed E-state index contributed by atoms with van der Waals surface area (Å²) in [5.74, 6) is 0.385. The van der Waals surface area contributed by atoms with Crippen molar-refractivity contribution >= 4 is 35.2 Å². The predicted molar refractivity (Wildman–Crippen MR) is 146 cm³/mol. The second kappa shape index (κ2) is 10.5. The molecule has 1 amide bonds. The lowest BCUT2D eigenvalue weighted by Gasteiger charge is -2.35. The summed E-state index contributed by atoms with van der Waals surface area (Å²) in [6, 6.07) is 10.9. The van der Waals surface area contributed by atoms with Crippen LogP contribution < -0.4 is 5.32 Å². The average molecular weight is 520 g/mol. The van der Waals surface area contributed by atoms with E-state index in [1.807, 2.05) is 60.8 Å². The van der Waals surface area contributed by atoms with Gasteiger partial charge in [0, 0.05) is 67.5 Å². The van der Waals surface area contributed by atoms with Gasteiger partial charge in [-0.2, -0.15) is 0 Å². The number of hydrogen-bond acceptors (Lipinski definition) is 7. The number of carbonyl (C=O) groups is 1. The van der Waals surface area contributed by atoms with Crippen LogP contribution >= 0.6 is 12.1 Å². The van der Waals surface area contributed by atoms with E-state index < -0.39 is 0 Å². The SMILES string of the molecule is Cc1ccc(-c2cnc3c(Nc4ccc(C(=O)N5CCN(SN(C)C)CC5)c(C)c4)nccn23)cc1F. The van der Waals surface area contributed by atoms with Crippen LogP contribution in [0, 0.1) is 19.7 Å². The molecule has 4 aromatic rings. The van der Waals surface area contributed by atoms with Gasteiger partial charge in [0.1, 0.15) is 5.82 Å². The Balaban J connectivity index is 1.33. The number of amides is 1. The maximum atomic E-state index is 14.2. The number of aryl methyl sites for hydroxylation is 2. The number of carbonyl (C=O) groups excluding carboxylic acids is 1. The van der Waals surface area contributed by atoms with Crippen molar-refractivity contribution in [1.82, 2.24) is 27.9 Å². The fourth-order valence-corrected chi connectivity index (χ4v) is 5.25. The summed E-state index contributed by atoms with van der Waals surface area (Å²) in [6.45, 7) is 6.78. The summed E-state index contributed by atoms with van der Waals surface area (Å²) in [7, 11) is 4.04. The van der Waals surface area contributed by atoms with Gasteiger partial charge < -0.3 is 10.2 Å². The van der Waals surface area contributed by atoms with Crippen LogP contribution in [0.15, 0.2) is 55.0 Å². The largest absolute Gasteiger partial charge is 0.337 e. The molecule has 10 heteroatoms. The van der Waals surface area contributed by atoms with Crippen molar-refractivity contribution in [1.29, 1.82) is 0 Å². The van der Waals surface area contributed by atoms with Crippen molar-refractivity contribution in [3.05, 3.63) is 77.5 Å². The monoisotopic (exact) mass is 519 g/mol. The van der Waals surface area contributed by atoms with E-state index in [0.717, 1.165) is 35.6 Å². The van der Waals surface area contributed by atoms with Crippen molar-refractivity contribution in [3.8, 4) is 11.3 Å². The number of halogens is 1. The van der Waals surface area contributed by atoms with E-state index in [1.54, 1.807) is 37.5 Å². The van der Waals surface area contributed by atoms with Crippen molar-refractivity contribution in [2.45, 2.75) is 13.8 Å². The Morgan fingerprint density at radius 2 is 1.81 bits per heavy atom. The number of aromatic nitrogens is 3. The van der Waals surface area contributed by atoms with Gasteiger partial charge in [-0.05, 0) is 63.3 Å². The number of anilines is 2. The van der Waals surface area contributed by atoms with Gasteiger partial charge in [0.25, 0.3) is 5.91 Å². The molecule has 0 atom stereocenters. The van der Waals surface area contributed by atoms with Gasteiger partial charge in [0.15, 0.2) is 11.5 Å². The molecule has 5 rings (SSSR count). The fourth-order valence-electron chi connectivity index (χ4n) is 4.47. The molecule has 0 saturated carbocycles. The summed E-state index contributed by atoms with van der Waals surface area (Å²) in [5, 5.41) is 3.34. The first-order valence-corrected chi connectivity index (χ1v) is 12.9. The highest BCUT2D eigenvalue weighted by Crippen LogP contribution is 2.27. The van der Waals surface area contributed by atoms with Crippen LogP contribution in [0.4, 0.5) is 15.9 Å². The summed E-state index contributed by atoms with van der Waals surface area (Å²) < 4.78 is 20.4. The van der Waals surface area contributed by atoms with Crippen LogP contribution in [0.1, 0.15) is 21.5 Å². The lowest BCUT2D eigenvalue weighted by atomic mass is 10.1. The van der Waals surface area contributed by atoms with Gasteiger partial charge in [0.05, 0.1) is 11.9 Å². The van der Waals surface area contributed by atoms with E-state index in [-0.39, 0.29) is 11.7 Å². The first kappa shape index (κ1) is 25.2. The quantitative estimate of drug-likeness (QED) is 0.368. The van der Waals surface area contributed by atoms with Gasteiger partial charge in [-0.25, -0.2) is 23.0 Å². The highest BCUT2D eigenvalue weighted by Gasteiger charge is 2.24. The minimum atomic E-state index is -0.251. The molecule has 0 spiro atoms. The van der Waals surface area contributed by atoms with Crippen LogP contribution in [-0.4, -0.2) is 74.1 Å². The minimum Gasteiger partial charge on any atom is -0.337 e. The van der Waals surface area contributed by atoms with Crippen LogP contribution in [0.2, 0.25) is 0 Å². The van der Waals surface area contributed by atoms with E-state index in [9.17, 15) is 9.18 Å². The van der Waals surface area contributed by atoms with E-state index in [4.69, 9.17) is 0 Å². The molecule has 1 fully saturated rings. The van der Waals surface area contributed by atoms with Gasteiger partial charge >= 0.3 is 0 Å². The summed E-state index contributed by atoms with van der Waals surface area (Å²) in [6.07, 6.45) is 5.21. The van der Waals surface area contributed by atoms with Crippen LogP contribution in [-0.2, 0) is 0 Å². The smallest absolute Gasteiger partial charge is 0.254 e. The van der Waals surface area contributed by atoms with Gasteiger partial charge in [0.2, 0.25) is 0 Å². The molecule has 0 bridgehead atoms. The fraction of sp³-hybridized carbons (Fsp3) is 0.296. The van der Waals surface area contributed by atoms with E-state index in [2.05, 4.69) is 23.9 Å². The number of fused-ring (bicyclic) bond motifs is 1. The average Bonchev–Trinajstić information content (AvgIpc) is 3.31. The van der Waals surface area contributed by atoms with Gasteiger partial charge in [-0.3, -0.25) is 9.20 Å². The number of rotatable bonds is 6. The van der Waals surface area contributed by atoms with Crippen molar-refractivity contribution < 1.29 is 9.18 Å². The maximum Gasteiger partial charge on any atom is 0.254 e. The zero-order valence-corrected chi connectivity index (χ0v) is 22.2. The molecule has 2 aromatic carbocycles. The Labute approximate surface area is 220 Å². The molecule has 8 nitrogen and oxygen atoms in total. The summed E-state index contributed by atoms with van der Waals surface area (Å²) >= 11 is 1.68. The van der Waals surface area contributed by atoms with Crippen LogP contribution in [0.3, 0.4) is 0 Å². The zero-order chi connectivity index (χ0) is 26.1. The van der Waals surface area contributed by atoms with E-state index in [0.29, 0.717) is 35.7 Å². The number of piperazine rings is 1. The van der Waals surface area contributed by atoms with Crippen molar-refractivity contribution in [2.75, 3.05) is 45.6 Å². The molecular weight excluding hydrogens is 489 g/mol. The molecule has 0 aliphatic carbocycles. The Morgan fingerprint density at radius 1 is 1.03 bits per heavy atom. The van der Waals surface area contributed by atoms with Crippen molar-refractivity contribution in [3.63, 3.8) is 0 Å². The third-order valence-corrected chi connectivity index (χ3v) is 7.34. The molecular formula is C27H30FN7OS. The topological polar surface area (TPSA) is 69.0 Å². The standard InChI is InChI=1S/C27H30FN7OS/c1-18-5-6-20(16-23(18)28)24-17-30-26-25(29-9-10-35(24)26)31-21-7-8-22(19(2)15-21)27(36)33-11-13-34(14-12-33)37-32(3)4/h5-10,15-17H,11-14H2,1-4H3,(H,29,31). The molecule has 1 N–H and O–H groups in total. The summed E-state index contributed by atoms with van der Waals surface area (Å²) in [5.41, 5.74) is 5.16. The summed E-state index contributed by atoms with van der Waals surface area (Å²) in [4.78, 5) is 24.1. The van der Waals surface area contributed by atoms with E-state index >= 15 is 0 Å². The molecule has 0 unspecified atom stereocenters. The third kappa shape index (κ3) is 5.31. The highest BCUT2D eigenvalue weighted by atomic mass is 32.2. The Bertz CT molecular complexity index is 1450. The lowest BCUT2D eigenvalue weighted by Crippen LogP contribution is -2.47. The van der Waals surface area contributed by atoms with Gasteiger partial charge in [-0.15, -0.1) is 0 Å². The van der Waals surface area contributed by atoms with Crippen LogP contribution in [0.25, 0.3) is 16.9 Å². The van der Waals surface area contributed by atoms with Gasteiger partial charge in [-0.1, -0.05) is 12.1 Å². The maximum absolute atomic E-state index is 14.2. The Kier molecular flexibility index (Phi) is 7.14. The third-order valence-electron chi connectivity index (χ3n) is 6.42. The zero-order valence-electron chi connectivity index (χ0n) is 21.4. The number of hydrogen-bond donors (Lipinski definition) is 1. The molecule has 0 radical (unpaired) electrons.